The van der Waals surface area contributed by atoms with E-state index in [1.54, 1.807) is 11.7 Å². The number of benzene rings is 1. The Kier molecular flexibility index (Phi) is 4.60. The summed E-state index contributed by atoms with van der Waals surface area (Å²) in [6.07, 6.45) is 0. The molecular weight excluding hydrogens is 329 g/mol. The van der Waals surface area contributed by atoms with E-state index in [1.165, 1.54) is 25.2 Å². The van der Waals surface area contributed by atoms with Crippen LogP contribution in [0.1, 0.15) is 17.0 Å². The first-order chi connectivity index (χ1) is 10.2. The molecular formula is C14H17ClFN3O2S. The van der Waals surface area contributed by atoms with Crippen LogP contribution in [-0.2, 0) is 23.6 Å². The van der Waals surface area contributed by atoms with E-state index in [2.05, 4.69) is 5.10 Å². The zero-order valence-electron chi connectivity index (χ0n) is 12.8. The van der Waals surface area contributed by atoms with E-state index in [4.69, 9.17) is 11.6 Å². The highest BCUT2D eigenvalue weighted by Gasteiger charge is 2.27. The van der Waals surface area contributed by atoms with Gasteiger partial charge in [-0.05, 0) is 26.0 Å². The summed E-state index contributed by atoms with van der Waals surface area (Å²) in [5, 5.41) is 4.03. The van der Waals surface area contributed by atoms with E-state index < -0.39 is 20.7 Å². The van der Waals surface area contributed by atoms with Gasteiger partial charge in [0, 0.05) is 31.9 Å². The van der Waals surface area contributed by atoms with Crippen molar-refractivity contribution < 1.29 is 12.8 Å². The van der Waals surface area contributed by atoms with Gasteiger partial charge >= 0.3 is 0 Å². The Balaban J connectivity index is 2.39. The highest BCUT2D eigenvalue weighted by molar-refractivity contribution is 7.89. The van der Waals surface area contributed by atoms with Crippen molar-refractivity contribution >= 4 is 21.6 Å². The van der Waals surface area contributed by atoms with E-state index in [0.717, 1.165) is 21.3 Å². The topological polar surface area (TPSA) is 55.2 Å². The minimum Gasteiger partial charge on any atom is -0.272 e. The van der Waals surface area contributed by atoms with Gasteiger partial charge in [0.15, 0.2) is 5.82 Å². The summed E-state index contributed by atoms with van der Waals surface area (Å²) in [5.41, 5.74) is 2.41. The molecule has 120 valence electrons. The highest BCUT2D eigenvalue weighted by Crippen LogP contribution is 2.25. The van der Waals surface area contributed by atoms with Crippen LogP contribution in [0.25, 0.3) is 0 Å². The molecule has 0 atom stereocenters. The second-order valence-electron chi connectivity index (χ2n) is 5.09. The normalized spacial score (nSPS) is 12.1. The number of hydrogen-bond donors (Lipinski definition) is 0. The van der Waals surface area contributed by atoms with Crippen molar-refractivity contribution in [2.75, 3.05) is 7.05 Å². The minimum absolute atomic E-state index is 0.111. The monoisotopic (exact) mass is 345 g/mol. The fourth-order valence-corrected chi connectivity index (χ4v) is 3.66. The van der Waals surface area contributed by atoms with Crippen LogP contribution < -0.4 is 0 Å². The molecule has 0 unspecified atom stereocenters. The Bertz CT molecular complexity index is 818. The van der Waals surface area contributed by atoms with Crippen LogP contribution in [0, 0.1) is 19.7 Å². The average Bonchev–Trinajstić information content (AvgIpc) is 2.68. The molecule has 0 saturated carbocycles. The van der Waals surface area contributed by atoms with Gasteiger partial charge in [0.05, 0.1) is 10.7 Å². The number of sulfonamides is 1. The molecule has 0 aliphatic heterocycles. The largest absolute Gasteiger partial charge is 0.272 e. The van der Waals surface area contributed by atoms with Gasteiger partial charge in [-0.25, -0.2) is 12.8 Å². The van der Waals surface area contributed by atoms with Gasteiger partial charge in [0.2, 0.25) is 10.0 Å². The number of aryl methyl sites for hydroxylation is 2. The maximum atomic E-state index is 14.0. The van der Waals surface area contributed by atoms with Crippen LogP contribution in [0.15, 0.2) is 23.1 Å². The Morgan fingerprint density at radius 3 is 2.55 bits per heavy atom. The van der Waals surface area contributed by atoms with Crippen molar-refractivity contribution in [1.29, 1.82) is 0 Å². The molecule has 0 aliphatic carbocycles. The van der Waals surface area contributed by atoms with Gasteiger partial charge in [-0.1, -0.05) is 17.7 Å². The van der Waals surface area contributed by atoms with Crippen LogP contribution >= 0.6 is 11.6 Å². The molecule has 5 nitrogen and oxygen atoms in total. The third-order valence-electron chi connectivity index (χ3n) is 3.64. The van der Waals surface area contributed by atoms with E-state index in [0.29, 0.717) is 0 Å². The predicted molar refractivity (Wildman–Crippen MR) is 82.7 cm³/mol. The smallest absolute Gasteiger partial charge is 0.246 e. The summed E-state index contributed by atoms with van der Waals surface area (Å²) < 4.78 is 41.9. The van der Waals surface area contributed by atoms with Gasteiger partial charge in [-0.2, -0.15) is 9.40 Å². The number of hydrogen-bond acceptors (Lipinski definition) is 3. The van der Waals surface area contributed by atoms with Crippen LogP contribution in [-0.4, -0.2) is 29.6 Å². The Morgan fingerprint density at radius 1 is 1.36 bits per heavy atom. The number of halogens is 2. The summed E-state index contributed by atoms with van der Waals surface area (Å²) in [7, 11) is -0.785. The summed E-state index contributed by atoms with van der Waals surface area (Å²) in [4.78, 5) is -0.429. The molecule has 1 aromatic heterocycles. The third kappa shape index (κ3) is 2.88. The summed E-state index contributed by atoms with van der Waals surface area (Å²) in [6, 6.07) is 3.92. The molecule has 22 heavy (non-hydrogen) atoms. The number of rotatable bonds is 4. The molecule has 0 fully saturated rings. The molecule has 1 heterocycles. The van der Waals surface area contributed by atoms with E-state index in [9.17, 15) is 12.8 Å². The second-order valence-corrected chi connectivity index (χ2v) is 7.51. The van der Waals surface area contributed by atoms with Crippen LogP contribution in [0.3, 0.4) is 0 Å². The van der Waals surface area contributed by atoms with E-state index >= 15 is 0 Å². The first kappa shape index (κ1) is 16.9. The molecule has 0 amide bonds. The van der Waals surface area contributed by atoms with Crippen LogP contribution in [0.4, 0.5) is 4.39 Å². The van der Waals surface area contributed by atoms with Gasteiger partial charge in [0.25, 0.3) is 0 Å². The lowest BCUT2D eigenvalue weighted by Gasteiger charge is -2.18. The fourth-order valence-electron chi connectivity index (χ4n) is 2.21. The maximum absolute atomic E-state index is 14.0. The lowest BCUT2D eigenvalue weighted by atomic mass is 10.2. The lowest BCUT2D eigenvalue weighted by molar-refractivity contribution is 0.458. The molecule has 8 heteroatoms. The lowest BCUT2D eigenvalue weighted by Crippen LogP contribution is -2.27. The van der Waals surface area contributed by atoms with Crippen molar-refractivity contribution in [1.82, 2.24) is 14.1 Å². The SMILES string of the molecule is Cc1nn(C)c(C)c1CN(C)S(=O)(=O)c1cccc(Cl)c1F. The minimum atomic E-state index is -3.98. The second kappa shape index (κ2) is 5.98. The number of nitrogens with zero attached hydrogens (tertiary/aromatic N) is 3. The Hall–Kier alpha value is -1.44. The van der Waals surface area contributed by atoms with Crippen molar-refractivity contribution in [3.8, 4) is 0 Å². The van der Waals surface area contributed by atoms with Crippen molar-refractivity contribution in [3.05, 3.63) is 46.0 Å². The number of aromatic nitrogens is 2. The molecule has 0 saturated heterocycles. The highest BCUT2D eigenvalue weighted by atomic mass is 35.5. The molecule has 0 bridgehead atoms. The molecule has 0 radical (unpaired) electrons. The first-order valence-electron chi connectivity index (χ1n) is 6.55. The quantitative estimate of drug-likeness (QED) is 0.856. The Labute approximate surface area is 134 Å². The molecule has 0 N–H and O–H groups in total. The molecule has 1 aromatic carbocycles. The van der Waals surface area contributed by atoms with Crippen molar-refractivity contribution in [3.63, 3.8) is 0 Å². The third-order valence-corrected chi connectivity index (χ3v) is 5.76. The summed E-state index contributed by atoms with van der Waals surface area (Å²) >= 11 is 5.67. The van der Waals surface area contributed by atoms with Gasteiger partial charge < -0.3 is 0 Å². The van der Waals surface area contributed by atoms with Crippen LogP contribution in [0.5, 0.6) is 0 Å². The van der Waals surface area contributed by atoms with Gasteiger partial charge in [-0.15, -0.1) is 0 Å². The van der Waals surface area contributed by atoms with Gasteiger partial charge in [-0.3, -0.25) is 4.68 Å². The summed E-state index contributed by atoms with van der Waals surface area (Å²) in [5.74, 6) is -0.935. The Morgan fingerprint density at radius 2 is 2.00 bits per heavy atom. The standard InChI is InChI=1S/C14H17ClFN3O2S/c1-9-11(10(2)19(4)17-9)8-18(3)22(20,21)13-7-5-6-12(15)14(13)16/h5-7H,8H2,1-4H3. The maximum Gasteiger partial charge on any atom is 0.246 e. The van der Waals surface area contributed by atoms with Crippen molar-refractivity contribution in [2.24, 2.45) is 7.05 Å². The molecule has 2 aromatic rings. The molecule has 2 rings (SSSR count). The zero-order chi connectivity index (χ0) is 16.7. The van der Waals surface area contributed by atoms with E-state index in [1.807, 2.05) is 13.8 Å². The van der Waals surface area contributed by atoms with E-state index in [-0.39, 0.29) is 11.6 Å². The molecule has 0 aliphatic rings. The fraction of sp³-hybridized carbons (Fsp3) is 0.357. The first-order valence-corrected chi connectivity index (χ1v) is 8.37. The van der Waals surface area contributed by atoms with Gasteiger partial charge in [0.1, 0.15) is 4.90 Å². The van der Waals surface area contributed by atoms with Crippen LogP contribution in [0.2, 0.25) is 5.02 Å². The zero-order valence-corrected chi connectivity index (χ0v) is 14.3. The average molecular weight is 346 g/mol. The molecule has 0 spiro atoms. The van der Waals surface area contributed by atoms with Crippen molar-refractivity contribution in [2.45, 2.75) is 25.3 Å². The predicted octanol–water partition coefficient (Wildman–Crippen LogP) is 2.65. The summed E-state index contributed by atoms with van der Waals surface area (Å²) in [6.45, 7) is 3.78.